The lowest BCUT2D eigenvalue weighted by Crippen LogP contribution is -2.49. The van der Waals surface area contributed by atoms with E-state index in [2.05, 4.69) is 10.1 Å². The summed E-state index contributed by atoms with van der Waals surface area (Å²) in [6, 6.07) is 3.06. The first-order valence-corrected chi connectivity index (χ1v) is 8.09. The average molecular weight is 349 g/mol. The summed E-state index contributed by atoms with van der Waals surface area (Å²) in [6.07, 6.45) is 2.71. The molecule has 3 rings (SSSR count). The molecule has 0 aliphatic carbocycles. The van der Waals surface area contributed by atoms with Gasteiger partial charge in [-0.1, -0.05) is 5.16 Å². The maximum absolute atomic E-state index is 12.4. The molecule has 9 heteroatoms. The number of carboxylic acid groups (broad SMARTS) is 1. The van der Waals surface area contributed by atoms with E-state index < -0.39 is 12.0 Å². The van der Waals surface area contributed by atoms with Crippen LogP contribution < -0.4 is 0 Å². The molecule has 1 atom stereocenters. The van der Waals surface area contributed by atoms with Crippen molar-refractivity contribution in [2.75, 3.05) is 19.8 Å². The number of furan rings is 1. The van der Waals surface area contributed by atoms with E-state index in [1.165, 1.54) is 6.26 Å². The number of ether oxygens (including phenoxy) is 1. The number of rotatable bonds is 7. The normalized spacial score (nSPS) is 17.6. The minimum atomic E-state index is -0.940. The fourth-order valence-corrected chi connectivity index (χ4v) is 2.75. The van der Waals surface area contributed by atoms with Crippen molar-refractivity contribution in [2.24, 2.45) is 0 Å². The Kier molecular flexibility index (Phi) is 5.44. The van der Waals surface area contributed by atoms with E-state index >= 15 is 0 Å². The molecule has 2 aromatic heterocycles. The number of carboxylic acids is 1. The zero-order valence-electron chi connectivity index (χ0n) is 13.6. The number of amides is 1. The predicted molar refractivity (Wildman–Crippen MR) is 83.5 cm³/mol. The van der Waals surface area contributed by atoms with Crippen molar-refractivity contribution in [1.82, 2.24) is 15.0 Å². The molecule has 3 heterocycles. The van der Waals surface area contributed by atoms with Crippen molar-refractivity contribution in [1.29, 1.82) is 0 Å². The van der Waals surface area contributed by atoms with Crippen molar-refractivity contribution in [2.45, 2.75) is 31.7 Å². The molecule has 9 nitrogen and oxygen atoms in total. The maximum Gasteiger partial charge on any atom is 0.305 e. The van der Waals surface area contributed by atoms with Crippen LogP contribution in [-0.4, -0.2) is 57.8 Å². The summed E-state index contributed by atoms with van der Waals surface area (Å²) in [5.41, 5.74) is 0. The lowest BCUT2D eigenvalue weighted by atomic mass is 10.1. The van der Waals surface area contributed by atoms with Gasteiger partial charge in [0.15, 0.2) is 5.76 Å². The Labute approximate surface area is 143 Å². The number of aromatic nitrogens is 2. The molecule has 0 radical (unpaired) electrons. The highest BCUT2D eigenvalue weighted by Crippen LogP contribution is 2.17. The van der Waals surface area contributed by atoms with Gasteiger partial charge in [-0.15, -0.1) is 0 Å². The van der Waals surface area contributed by atoms with Crippen LogP contribution in [0.2, 0.25) is 0 Å². The number of hydrogen-bond acceptors (Lipinski definition) is 7. The van der Waals surface area contributed by atoms with E-state index in [1.54, 1.807) is 17.0 Å². The van der Waals surface area contributed by atoms with Crippen LogP contribution in [0.3, 0.4) is 0 Å². The molecule has 1 N–H and O–H groups in total. The molecule has 134 valence electrons. The van der Waals surface area contributed by atoms with E-state index in [0.29, 0.717) is 43.5 Å². The molecule has 0 spiro atoms. The Morgan fingerprint density at radius 1 is 1.40 bits per heavy atom. The SMILES string of the molecule is O=C(O)C[C@@H]1COCCN1C(=O)CCCc1nc(-c2ccco2)no1. The molecule has 25 heavy (non-hydrogen) atoms. The molecule has 0 bridgehead atoms. The van der Waals surface area contributed by atoms with Crippen LogP contribution in [0.5, 0.6) is 0 Å². The monoisotopic (exact) mass is 349 g/mol. The first-order valence-electron chi connectivity index (χ1n) is 8.09. The van der Waals surface area contributed by atoms with Crippen molar-refractivity contribution in [3.63, 3.8) is 0 Å². The third kappa shape index (κ3) is 4.44. The maximum atomic E-state index is 12.4. The van der Waals surface area contributed by atoms with E-state index in [4.69, 9.17) is 18.8 Å². The molecule has 1 fully saturated rings. The number of carbonyl (C=O) groups excluding carboxylic acids is 1. The van der Waals surface area contributed by atoms with E-state index in [0.717, 1.165) is 0 Å². The van der Waals surface area contributed by atoms with Gasteiger partial charge in [0.25, 0.3) is 0 Å². The van der Waals surface area contributed by atoms with Crippen LogP contribution in [-0.2, 0) is 20.7 Å². The predicted octanol–water partition coefficient (Wildman–Crippen LogP) is 1.35. The molecule has 1 aliphatic rings. The second-order valence-corrected chi connectivity index (χ2v) is 5.76. The van der Waals surface area contributed by atoms with Gasteiger partial charge < -0.3 is 23.7 Å². The van der Waals surface area contributed by atoms with Crippen LogP contribution >= 0.6 is 0 Å². The van der Waals surface area contributed by atoms with Gasteiger partial charge in [-0.2, -0.15) is 4.98 Å². The molecule has 1 aliphatic heterocycles. The lowest BCUT2D eigenvalue weighted by Gasteiger charge is -2.34. The van der Waals surface area contributed by atoms with E-state index in [1.807, 2.05) is 0 Å². The fourth-order valence-electron chi connectivity index (χ4n) is 2.75. The van der Waals surface area contributed by atoms with Crippen molar-refractivity contribution >= 4 is 11.9 Å². The first kappa shape index (κ1) is 17.2. The molecule has 2 aromatic rings. The van der Waals surface area contributed by atoms with Gasteiger partial charge in [0.05, 0.1) is 31.9 Å². The average Bonchev–Trinajstić information content (AvgIpc) is 3.26. The lowest BCUT2D eigenvalue weighted by molar-refractivity contribution is -0.146. The Morgan fingerprint density at radius 2 is 2.28 bits per heavy atom. The molecule has 0 saturated carbocycles. The number of aliphatic carboxylic acids is 1. The summed E-state index contributed by atoms with van der Waals surface area (Å²) in [7, 11) is 0. The quantitative estimate of drug-likeness (QED) is 0.795. The van der Waals surface area contributed by atoms with Gasteiger partial charge in [0.2, 0.25) is 17.6 Å². The molecule has 0 aromatic carbocycles. The van der Waals surface area contributed by atoms with Crippen LogP contribution in [0.15, 0.2) is 27.3 Å². The summed E-state index contributed by atoms with van der Waals surface area (Å²) in [5.74, 6) is 0.310. The largest absolute Gasteiger partial charge is 0.481 e. The van der Waals surface area contributed by atoms with Gasteiger partial charge in [-0.3, -0.25) is 9.59 Å². The zero-order valence-corrected chi connectivity index (χ0v) is 13.6. The second kappa shape index (κ2) is 7.93. The number of hydrogen-bond donors (Lipinski definition) is 1. The van der Waals surface area contributed by atoms with E-state index in [-0.39, 0.29) is 25.4 Å². The van der Waals surface area contributed by atoms with E-state index in [9.17, 15) is 9.59 Å². The fraction of sp³-hybridized carbons (Fsp3) is 0.500. The standard InChI is InChI=1S/C16H19N3O6/c20-14(19-6-8-23-10-11(19)9-15(21)22)5-1-4-13-17-16(18-25-13)12-3-2-7-24-12/h2-3,7,11H,1,4-6,8-10H2,(H,21,22)/t11-/m1/s1. The summed E-state index contributed by atoms with van der Waals surface area (Å²) in [6.45, 7) is 1.10. The van der Waals surface area contributed by atoms with Crippen LogP contribution in [0.4, 0.5) is 0 Å². The van der Waals surface area contributed by atoms with Crippen molar-refractivity contribution < 1.29 is 28.4 Å². The molecular formula is C16H19N3O6. The Morgan fingerprint density at radius 3 is 3.04 bits per heavy atom. The molecular weight excluding hydrogens is 330 g/mol. The molecule has 1 saturated heterocycles. The van der Waals surface area contributed by atoms with Crippen molar-refractivity contribution in [3.05, 3.63) is 24.3 Å². The van der Waals surface area contributed by atoms with Crippen molar-refractivity contribution in [3.8, 4) is 11.6 Å². The summed E-state index contributed by atoms with van der Waals surface area (Å²) in [4.78, 5) is 29.1. The number of carbonyl (C=O) groups is 2. The highest BCUT2D eigenvalue weighted by molar-refractivity contribution is 5.77. The topological polar surface area (TPSA) is 119 Å². The van der Waals surface area contributed by atoms with Gasteiger partial charge in [-0.05, 0) is 18.6 Å². The number of aryl methyl sites for hydroxylation is 1. The van der Waals surface area contributed by atoms with Gasteiger partial charge >= 0.3 is 5.97 Å². The Hall–Kier alpha value is -2.68. The number of nitrogens with zero attached hydrogens (tertiary/aromatic N) is 3. The van der Waals surface area contributed by atoms with Gasteiger partial charge in [-0.25, -0.2) is 0 Å². The zero-order chi connectivity index (χ0) is 17.6. The van der Waals surface area contributed by atoms with Gasteiger partial charge in [0.1, 0.15) is 0 Å². The summed E-state index contributed by atoms with van der Waals surface area (Å²) in [5, 5.41) is 12.8. The molecule has 0 unspecified atom stereocenters. The highest BCUT2D eigenvalue weighted by atomic mass is 16.5. The summed E-state index contributed by atoms with van der Waals surface area (Å²) >= 11 is 0. The van der Waals surface area contributed by atoms with Gasteiger partial charge in [0, 0.05) is 19.4 Å². The first-order chi connectivity index (χ1) is 12.1. The third-order valence-electron chi connectivity index (χ3n) is 3.95. The minimum Gasteiger partial charge on any atom is -0.481 e. The Balaban J connectivity index is 1.49. The minimum absolute atomic E-state index is 0.0830. The smallest absolute Gasteiger partial charge is 0.305 e. The summed E-state index contributed by atoms with van der Waals surface area (Å²) < 4.78 is 15.6. The third-order valence-corrected chi connectivity index (χ3v) is 3.95. The molecule has 1 amide bonds. The van der Waals surface area contributed by atoms with Crippen LogP contribution in [0.1, 0.15) is 25.2 Å². The highest BCUT2D eigenvalue weighted by Gasteiger charge is 2.28. The van der Waals surface area contributed by atoms with Crippen LogP contribution in [0.25, 0.3) is 11.6 Å². The van der Waals surface area contributed by atoms with Crippen LogP contribution in [0, 0.1) is 0 Å². The second-order valence-electron chi connectivity index (χ2n) is 5.76. The Bertz CT molecular complexity index is 711. The number of morpholine rings is 1.